The van der Waals surface area contributed by atoms with Crippen LogP contribution in [0.3, 0.4) is 0 Å². The maximum absolute atomic E-state index is 11.8. The Hall–Kier alpha value is -2.68. The van der Waals surface area contributed by atoms with Crippen LogP contribution in [-0.2, 0) is 9.53 Å². The quantitative estimate of drug-likeness (QED) is 0.392. The second-order valence-corrected chi connectivity index (χ2v) is 4.07. The molecule has 0 radical (unpaired) electrons. The van der Waals surface area contributed by atoms with E-state index in [1.807, 2.05) is 0 Å². The number of amides is 1. The summed E-state index contributed by atoms with van der Waals surface area (Å²) in [6.45, 7) is 1.63. The maximum Gasteiger partial charge on any atom is 0.329 e. The Morgan fingerprint density at radius 3 is 2.73 bits per heavy atom. The van der Waals surface area contributed by atoms with Crippen molar-refractivity contribution in [1.82, 2.24) is 5.32 Å². The average molecular weight is 312 g/mol. The zero-order chi connectivity index (χ0) is 16.5. The highest BCUT2D eigenvalue weighted by Crippen LogP contribution is 2.27. The molecule has 0 saturated carbocycles. The Kier molecular flexibility index (Phi) is 6.77. The van der Waals surface area contributed by atoms with E-state index in [-0.39, 0.29) is 36.8 Å². The molecular weight excluding hydrogens is 296 g/mol. The number of hydrogen-bond donors (Lipinski definition) is 2. The first-order chi connectivity index (χ1) is 10.5. The van der Waals surface area contributed by atoms with Crippen LogP contribution in [-0.4, -0.2) is 48.3 Å². The van der Waals surface area contributed by atoms with Gasteiger partial charge in [0, 0.05) is 18.2 Å². The van der Waals surface area contributed by atoms with Crippen molar-refractivity contribution in [2.24, 2.45) is 0 Å². The van der Waals surface area contributed by atoms with Crippen LogP contribution in [0.5, 0.6) is 5.75 Å². The van der Waals surface area contributed by atoms with E-state index in [2.05, 4.69) is 5.32 Å². The molecule has 1 rings (SSSR count). The Bertz CT molecular complexity index is 559. The van der Waals surface area contributed by atoms with Crippen molar-refractivity contribution in [3.05, 3.63) is 33.9 Å². The van der Waals surface area contributed by atoms with E-state index in [1.54, 1.807) is 6.92 Å². The zero-order valence-corrected chi connectivity index (χ0v) is 11.9. The van der Waals surface area contributed by atoms with Crippen molar-refractivity contribution >= 4 is 17.6 Å². The first-order valence-corrected chi connectivity index (χ1v) is 6.44. The summed E-state index contributed by atoms with van der Waals surface area (Å²) in [5.41, 5.74) is -0.190. The van der Waals surface area contributed by atoms with Gasteiger partial charge in [0.15, 0.2) is 5.75 Å². The summed E-state index contributed by atoms with van der Waals surface area (Å²) in [6.07, 6.45) is 0. The van der Waals surface area contributed by atoms with Crippen LogP contribution in [0.1, 0.15) is 17.3 Å². The third-order valence-electron chi connectivity index (χ3n) is 2.48. The Balaban J connectivity index is 2.63. The largest absolute Gasteiger partial charge is 0.487 e. The van der Waals surface area contributed by atoms with Crippen LogP contribution in [0.25, 0.3) is 0 Å². The molecular formula is C13H16N2O7. The summed E-state index contributed by atoms with van der Waals surface area (Å²) in [4.78, 5) is 32.4. The summed E-state index contributed by atoms with van der Waals surface area (Å²) in [6, 6.07) is 3.89. The van der Waals surface area contributed by atoms with Gasteiger partial charge in [0.2, 0.25) is 0 Å². The number of carboxylic acid groups (broad SMARTS) is 1. The van der Waals surface area contributed by atoms with Crippen molar-refractivity contribution in [2.75, 3.05) is 26.4 Å². The number of carbonyl (C=O) groups excluding carboxylic acids is 1. The molecule has 22 heavy (non-hydrogen) atoms. The average Bonchev–Trinajstić information content (AvgIpc) is 2.46. The van der Waals surface area contributed by atoms with Crippen LogP contribution in [0.4, 0.5) is 5.69 Å². The molecule has 1 amide bonds. The number of ether oxygens (including phenoxy) is 2. The highest BCUT2D eigenvalue weighted by molar-refractivity contribution is 5.95. The third kappa shape index (κ3) is 5.37. The fourth-order valence-electron chi connectivity index (χ4n) is 1.58. The molecule has 0 saturated heterocycles. The number of carboxylic acids is 1. The number of nitro groups is 1. The fourth-order valence-corrected chi connectivity index (χ4v) is 1.58. The summed E-state index contributed by atoms with van der Waals surface area (Å²) < 4.78 is 9.87. The number of nitrogens with one attached hydrogen (secondary N) is 1. The summed E-state index contributed by atoms with van der Waals surface area (Å²) in [7, 11) is 0. The number of nitro benzene ring substituents is 1. The van der Waals surface area contributed by atoms with Gasteiger partial charge in [0.1, 0.15) is 6.61 Å². The van der Waals surface area contributed by atoms with Crippen LogP contribution < -0.4 is 10.1 Å². The molecule has 0 heterocycles. The maximum atomic E-state index is 11.8. The minimum Gasteiger partial charge on any atom is -0.487 e. The number of rotatable bonds is 9. The minimum atomic E-state index is -1.10. The second kappa shape index (κ2) is 8.57. The molecule has 0 aliphatic rings. The lowest BCUT2D eigenvalue weighted by atomic mass is 10.1. The molecule has 2 N–H and O–H groups in total. The van der Waals surface area contributed by atoms with Gasteiger partial charge in [-0.25, -0.2) is 4.79 Å². The lowest BCUT2D eigenvalue weighted by Gasteiger charge is -2.07. The van der Waals surface area contributed by atoms with Crippen LogP contribution >= 0.6 is 0 Å². The van der Waals surface area contributed by atoms with E-state index in [9.17, 15) is 19.7 Å². The number of nitrogens with zero attached hydrogens (tertiary/aromatic N) is 1. The number of aliphatic carboxylic acids is 1. The number of carbonyl (C=O) groups is 2. The second-order valence-electron chi connectivity index (χ2n) is 4.07. The van der Waals surface area contributed by atoms with E-state index in [1.165, 1.54) is 12.1 Å². The van der Waals surface area contributed by atoms with E-state index >= 15 is 0 Å². The van der Waals surface area contributed by atoms with Gasteiger partial charge in [-0.15, -0.1) is 0 Å². The van der Waals surface area contributed by atoms with Gasteiger partial charge in [0.25, 0.3) is 5.91 Å². The van der Waals surface area contributed by atoms with Gasteiger partial charge in [0.05, 0.1) is 18.1 Å². The highest BCUT2D eigenvalue weighted by atomic mass is 16.6. The van der Waals surface area contributed by atoms with Crippen molar-refractivity contribution in [3.63, 3.8) is 0 Å². The summed E-state index contributed by atoms with van der Waals surface area (Å²) >= 11 is 0. The SMILES string of the molecule is CCOc1ccc(C(=O)NCCOCC(=O)O)cc1[N+](=O)[O-]. The lowest BCUT2D eigenvalue weighted by Crippen LogP contribution is -2.28. The fraction of sp³-hybridized carbons (Fsp3) is 0.385. The number of benzene rings is 1. The zero-order valence-electron chi connectivity index (χ0n) is 11.9. The summed E-state index contributed by atoms with van der Waals surface area (Å²) in [5.74, 6) is -1.53. The molecule has 0 aliphatic carbocycles. The first-order valence-electron chi connectivity index (χ1n) is 6.44. The predicted octanol–water partition coefficient (Wildman–Crippen LogP) is 0.824. The smallest absolute Gasteiger partial charge is 0.329 e. The van der Waals surface area contributed by atoms with Crippen molar-refractivity contribution < 1.29 is 29.1 Å². The molecule has 1 aromatic carbocycles. The molecule has 0 aromatic heterocycles. The van der Waals surface area contributed by atoms with Gasteiger partial charge in [-0.3, -0.25) is 14.9 Å². The standard InChI is InChI=1S/C13H16N2O7/c1-2-22-11-4-3-9(7-10(11)15(19)20)13(18)14-5-6-21-8-12(16)17/h3-4,7H,2,5-6,8H2,1H3,(H,14,18)(H,16,17). The molecule has 9 heteroatoms. The van der Waals surface area contributed by atoms with Gasteiger partial charge in [-0.2, -0.15) is 0 Å². The Morgan fingerprint density at radius 1 is 1.41 bits per heavy atom. The minimum absolute atomic E-state index is 0.0250. The molecule has 0 unspecified atom stereocenters. The van der Waals surface area contributed by atoms with Crippen molar-refractivity contribution in [2.45, 2.75) is 6.92 Å². The van der Waals surface area contributed by atoms with Gasteiger partial charge >= 0.3 is 11.7 Å². The van der Waals surface area contributed by atoms with Gasteiger partial charge < -0.3 is 19.9 Å². The van der Waals surface area contributed by atoms with E-state index in [4.69, 9.17) is 14.6 Å². The molecule has 0 fully saturated rings. The van der Waals surface area contributed by atoms with E-state index in [0.717, 1.165) is 6.07 Å². The van der Waals surface area contributed by atoms with Crippen LogP contribution in [0.2, 0.25) is 0 Å². The molecule has 1 aromatic rings. The Labute approximate surface area is 126 Å². The molecule has 120 valence electrons. The highest BCUT2D eigenvalue weighted by Gasteiger charge is 2.18. The van der Waals surface area contributed by atoms with E-state index < -0.39 is 23.4 Å². The number of hydrogen-bond acceptors (Lipinski definition) is 6. The predicted molar refractivity (Wildman–Crippen MR) is 75.1 cm³/mol. The molecule has 0 aliphatic heterocycles. The molecule has 0 bridgehead atoms. The molecule has 0 spiro atoms. The van der Waals surface area contributed by atoms with E-state index in [0.29, 0.717) is 0 Å². The first kappa shape index (κ1) is 17.4. The Morgan fingerprint density at radius 2 is 2.14 bits per heavy atom. The van der Waals surface area contributed by atoms with Crippen molar-refractivity contribution in [1.29, 1.82) is 0 Å². The molecule has 9 nitrogen and oxygen atoms in total. The molecule has 0 atom stereocenters. The normalized spacial score (nSPS) is 10.0. The monoisotopic (exact) mass is 312 g/mol. The topological polar surface area (TPSA) is 128 Å². The third-order valence-corrected chi connectivity index (χ3v) is 2.48. The van der Waals surface area contributed by atoms with Gasteiger partial charge in [-0.05, 0) is 19.1 Å². The summed E-state index contributed by atoms with van der Waals surface area (Å²) in [5, 5.41) is 21.8. The van der Waals surface area contributed by atoms with Crippen LogP contribution in [0, 0.1) is 10.1 Å². The lowest BCUT2D eigenvalue weighted by molar-refractivity contribution is -0.385. The van der Waals surface area contributed by atoms with Crippen LogP contribution in [0.15, 0.2) is 18.2 Å². The van der Waals surface area contributed by atoms with Crippen molar-refractivity contribution in [3.8, 4) is 5.75 Å². The van der Waals surface area contributed by atoms with Gasteiger partial charge in [-0.1, -0.05) is 0 Å².